The molecular formula is C17H14F2N2O2. The van der Waals surface area contributed by atoms with Crippen LogP contribution in [-0.4, -0.2) is 20.6 Å². The highest BCUT2D eigenvalue weighted by Crippen LogP contribution is 2.27. The number of carbonyl (C=O) groups is 1. The molecule has 0 saturated carbocycles. The van der Waals surface area contributed by atoms with E-state index >= 15 is 0 Å². The van der Waals surface area contributed by atoms with E-state index in [4.69, 9.17) is 0 Å². The summed E-state index contributed by atoms with van der Waals surface area (Å²) >= 11 is 0. The number of aryl methyl sites for hydroxylation is 2. The van der Waals surface area contributed by atoms with E-state index in [1.54, 1.807) is 30.7 Å². The number of imidazole rings is 1. The summed E-state index contributed by atoms with van der Waals surface area (Å²) in [5, 5.41) is 9.38. The number of benzene rings is 2. The van der Waals surface area contributed by atoms with Crippen molar-refractivity contribution in [1.82, 2.24) is 9.55 Å². The van der Waals surface area contributed by atoms with Gasteiger partial charge in [-0.3, -0.25) is 0 Å². The summed E-state index contributed by atoms with van der Waals surface area (Å²) in [6.45, 7) is 1.75. The second kappa shape index (κ2) is 5.46. The summed E-state index contributed by atoms with van der Waals surface area (Å²) in [5.41, 5.74) is 1.20. The van der Waals surface area contributed by atoms with Gasteiger partial charge in [-0.05, 0) is 30.2 Å². The first-order valence-corrected chi connectivity index (χ1v) is 6.99. The van der Waals surface area contributed by atoms with Crippen LogP contribution in [0.1, 0.15) is 27.0 Å². The molecule has 1 heterocycles. The lowest BCUT2D eigenvalue weighted by molar-refractivity contribution is 0.0695. The highest BCUT2D eigenvalue weighted by molar-refractivity contribution is 5.94. The Morgan fingerprint density at radius 1 is 1.30 bits per heavy atom. The van der Waals surface area contributed by atoms with Crippen molar-refractivity contribution >= 4 is 17.0 Å². The van der Waals surface area contributed by atoms with Crippen molar-refractivity contribution in [3.63, 3.8) is 0 Å². The van der Waals surface area contributed by atoms with Gasteiger partial charge in [0.15, 0.2) is 5.82 Å². The molecule has 3 rings (SSSR count). The van der Waals surface area contributed by atoms with Crippen LogP contribution in [0.25, 0.3) is 11.0 Å². The van der Waals surface area contributed by atoms with Crippen LogP contribution in [0, 0.1) is 18.6 Å². The maximum Gasteiger partial charge on any atom is 0.336 e. The fraction of sp³-hybridized carbons (Fsp3) is 0.176. The van der Waals surface area contributed by atoms with Crippen LogP contribution in [0.5, 0.6) is 0 Å². The fourth-order valence-corrected chi connectivity index (χ4v) is 2.61. The smallest absolute Gasteiger partial charge is 0.336 e. The van der Waals surface area contributed by atoms with Crippen molar-refractivity contribution < 1.29 is 18.7 Å². The number of halogens is 2. The van der Waals surface area contributed by atoms with Crippen LogP contribution in [-0.2, 0) is 13.5 Å². The molecular weight excluding hydrogens is 302 g/mol. The summed E-state index contributed by atoms with van der Waals surface area (Å²) in [6, 6.07) is 5.95. The largest absolute Gasteiger partial charge is 0.478 e. The lowest BCUT2D eigenvalue weighted by Gasteiger charge is -2.10. The monoisotopic (exact) mass is 316 g/mol. The molecule has 0 atom stereocenters. The zero-order valence-electron chi connectivity index (χ0n) is 12.6. The van der Waals surface area contributed by atoms with E-state index in [2.05, 4.69) is 4.98 Å². The van der Waals surface area contributed by atoms with Crippen molar-refractivity contribution in [1.29, 1.82) is 0 Å². The molecule has 0 bridgehead atoms. The summed E-state index contributed by atoms with van der Waals surface area (Å²) in [6.07, 6.45) is 1.27. The quantitative estimate of drug-likeness (QED) is 0.805. The first-order valence-electron chi connectivity index (χ1n) is 6.99. The third kappa shape index (κ3) is 2.56. The van der Waals surface area contributed by atoms with Crippen LogP contribution >= 0.6 is 0 Å². The number of carboxylic acid groups (broad SMARTS) is 1. The van der Waals surface area contributed by atoms with Gasteiger partial charge in [-0.15, -0.1) is 0 Å². The first-order chi connectivity index (χ1) is 10.9. The van der Waals surface area contributed by atoms with Gasteiger partial charge in [-0.25, -0.2) is 18.6 Å². The average Bonchev–Trinajstić information content (AvgIpc) is 2.85. The minimum absolute atomic E-state index is 0.0635. The van der Waals surface area contributed by atoms with Gasteiger partial charge in [-0.2, -0.15) is 0 Å². The van der Waals surface area contributed by atoms with Crippen molar-refractivity contribution in [2.24, 2.45) is 7.05 Å². The molecule has 0 aliphatic rings. The SMILES string of the molecule is Cc1ccc(Cc2c(C(=O)O)cc3c(ncn3C)c2F)c(F)c1. The first kappa shape index (κ1) is 15.1. The number of fused-ring (bicyclic) bond motifs is 1. The summed E-state index contributed by atoms with van der Waals surface area (Å²) in [5.74, 6) is -2.46. The van der Waals surface area contributed by atoms with Crippen LogP contribution in [0.15, 0.2) is 30.6 Å². The predicted octanol–water partition coefficient (Wildman–Crippen LogP) is 3.45. The van der Waals surface area contributed by atoms with Crippen LogP contribution < -0.4 is 0 Å². The maximum atomic E-state index is 14.7. The molecule has 2 aromatic carbocycles. The van der Waals surface area contributed by atoms with Crippen LogP contribution in [0.2, 0.25) is 0 Å². The summed E-state index contributed by atoms with van der Waals surface area (Å²) in [4.78, 5) is 15.4. The van der Waals surface area contributed by atoms with Gasteiger partial charge in [0.1, 0.15) is 11.3 Å². The number of aromatic carboxylic acids is 1. The van der Waals surface area contributed by atoms with Gasteiger partial charge in [-0.1, -0.05) is 12.1 Å². The van der Waals surface area contributed by atoms with E-state index in [9.17, 15) is 18.7 Å². The van der Waals surface area contributed by atoms with Crippen molar-refractivity contribution in [3.8, 4) is 0 Å². The normalized spacial score (nSPS) is 11.1. The second-order valence-corrected chi connectivity index (χ2v) is 5.52. The van der Waals surface area contributed by atoms with Gasteiger partial charge in [0.2, 0.25) is 0 Å². The Morgan fingerprint density at radius 3 is 2.70 bits per heavy atom. The zero-order valence-corrected chi connectivity index (χ0v) is 12.6. The van der Waals surface area contributed by atoms with Gasteiger partial charge >= 0.3 is 5.97 Å². The average molecular weight is 316 g/mol. The number of hydrogen-bond donors (Lipinski definition) is 1. The van der Waals surface area contributed by atoms with Gasteiger partial charge in [0.25, 0.3) is 0 Å². The molecule has 118 valence electrons. The Balaban J connectivity index is 2.21. The lowest BCUT2D eigenvalue weighted by Crippen LogP contribution is -2.08. The third-order valence-corrected chi connectivity index (χ3v) is 3.87. The molecule has 3 aromatic rings. The summed E-state index contributed by atoms with van der Waals surface area (Å²) < 4.78 is 30.3. The van der Waals surface area contributed by atoms with Gasteiger partial charge in [0, 0.05) is 19.0 Å². The molecule has 0 spiro atoms. The summed E-state index contributed by atoms with van der Waals surface area (Å²) in [7, 11) is 1.65. The Kier molecular flexibility index (Phi) is 3.60. The van der Waals surface area contributed by atoms with E-state index in [0.717, 1.165) is 5.56 Å². The van der Waals surface area contributed by atoms with Crippen LogP contribution in [0.3, 0.4) is 0 Å². The minimum Gasteiger partial charge on any atom is -0.478 e. The van der Waals surface area contributed by atoms with Gasteiger partial charge < -0.3 is 9.67 Å². The maximum absolute atomic E-state index is 14.7. The van der Waals surface area contributed by atoms with Gasteiger partial charge in [0.05, 0.1) is 17.4 Å². The molecule has 6 heteroatoms. The number of carboxylic acids is 1. The number of nitrogens with zero attached hydrogens (tertiary/aromatic N) is 2. The topological polar surface area (TPSA) is 55.1 Å². The van der Waals surface area contributed by atoms with Crippen molar-refractivity contribution in [3.05, 3.63) is 64.5 Å². The number of hydrogen-bond acceptors (Lipinski definition) is 2. The Morgan fingerprint density at radius 2 is 2.04 bits per heavy atom. The van der Waals surface area contributed by atoms with E-state index in [0.29, 0.717) is 5.52 Å². The second-order valence-electron chi connectivity index (χ2n) is 5.52. The third-order valence-electron chi connectivity index (χ3n) is 3.87. The number of aromatic nitrogens is 2. The fourth-order valence-electron chi connectivity index (χ4n) is 2.61. The Bertz CT molecular complexity index is 932. The van der Waals surface area contributed by atoms with Crippen LogP contribution in [0.4, 0.5) is 8.78 Å². The van der Waals surface area contributed by atoms with E-state index in [1.807, 2.05) is 0 Å². The minimum atomic E-state index is -1.26. The molecule has 0 fully saturated rings. The highest BCUT2D eigenvalue weighted by atomic mass is 19.1. The molecule has 1 N–H and O–H groups in total. The molecule has 0 radical (unpaired) electrons. The number of rotatable bonds is 3. The molecule has 0 aliphatic heterocycles. The standard InChI is InChI=1S/C17H14F2N2O2/c1-9-3-4-10(13(18)5-9)6-11-12(17(22)23)7-14-16(15(11)19)20-8-21(14)2/h3-5,7-8H,6H2,1-2H3,(H,22,23). The molecule has 23 heavy (non-hydrogen) atoms. The molecule has 0 saturated heterocycles. The highest BCUT2D eigenvalue weighted by Gasteiger charge is 2.21. The van der Waals surface area contributed by atoms with E-state index in [-0.39, 0.29) is 28.6 Å². The zero-order chi connectivity index (χ0) is 16.7. The molecule has 4 nitrogen and oxygen atoms in total. The molecule has 0 unspecified atom stereocenters. The van der Waals surface area contributed by atoms with E-state index in [1.165, 1.54) is 18.5 Å². The predicted molar refractivity (Wildman–Crippen MR) is 81.6 cm³/mol. The Hall–Kier alpha value is -2.76. The molecule has 0 amide bonds. The van der Waals surface area contributed by atoms with E-state index < -0.39 is 17.6 Å². The van der Waals surface area contributed by atoms with Crippen molar-refractivity contribution in [2.45, 2.75) is 13.3 Å². The lowest BCUT2D eigenvalue weighted by atomic mass is 9.97. The molecule has 1 aromatic heterocycles. The Labute approximate surface area is 131 Å². The molecule has 0 aliphatic carbocycles. The van der Waals surface area contributed by atoms with Crippen molar-refractivity contribution in [2.75, 3.05) is 0 Å².